The molecular formula is C20H23BrN2O3S. The van der Waals surface area contributed by atoms with Crippen molar-refractivity contribution in [3.05, 3.63) is 52.0 Å². The minimum absolute atomic E-state index is 0.0202. The molecule has 7 heteroatoms. The van der Waals surface area contributed by atoms with E-state index < -0.39 is 0 Å². The van der Waals surface area contributed by atoms with E-state index in [2.05, 4.69) is 47.3 Å². The number of thiocarbonyl (C=S) groups is 1. The average molecular weight is 451 g/mol. The summed E-state index contributed by atoms with van der Waals surface area (Å²) in [6.07, 6.45) is 0. The fourth-order valence-corrected chi connectivity index (χ4v) is 3.68. The zero-order valence-corrected chi connectivity index (χ0v) is 18.4. The van der Waals surface area contributed by atoms with E-state index in [1.807, 2.05) is 6.07 Å². The van der Waals surface area contributed by atoms with Crippen LogP contribution in [0, 0.1) is 0 Å². The maximum absolute atomic E-state index is 12.5. The molecule has 0 aliphatic carbocycles. The van der Waals surface area contributed by atoms with Crippen molar-refractivity contribution in [2.24, 2.45) is 0 Å². The van der Waals surface area contributed by atoms with E-state index in [1.54, 1.807) is 44.6 Å². The minimum Gasteiger partial charge on any atom is -0.497 e. The van der Waals surface area contributed by atoms with E-state index in [4.69, 9.17) is 21.7 Å². The van der Waals surface area contributed by atoms with Crippen molar-refractivity contribution in [3.63, 3.8) is 0 Å². The second-order valence-electron chi connectivity index (χ2n) is 6.92. The Morgan fingerprint density at radius 2 is 1.78 bits per heavy atom. The topological polar surface area (TPSA) is 59.6 Å². The van der Waals surface area contributed by atoms with Crippen LogP contribution in [0.15, 0.2) is 40.9 Å². The summed E-state index contributed by atoms with van der Waals surface area (Å²) in [6, 6.07) is 10.8. The molecule has 0 spiro atoms. The number of nitrogens with one attached hydrogen (secondary N) is 2. The highest BCUT2D eigenvalue weighted by Crippen LogP contribution is 2.31. The van der Waals surface area contributed by atoms with Crippen molar-refractivity contribution in [1.29, 1.82) is 0 Å². The number of carbonyl (C=O) groups excluding carboxylic acids is 1. The Bertz CT molecular complexity index is 863. The van der Waals surface area contributed by atoms with E-state index in [9.17, 15) is 4.79 Å². The standard InChI is InChI=1S/C20H23BrN2O3S/c1-20(2,3)14-8-6-12(10-15(14)21)18(24)23-19(27)22-16-11-13(25-4)7-9-17(16)26-5/h6-11H,1-5H3,(H2,22,23,24,27). The minimum atomic E-state index is -0.296. The maximum atomic E-state index is 12.5. The molecule has 0 bridgehead atoms. The van der Waals surface area contributed by atoms with Gasteiger partial charge in [-0.3, -0.25) is 10.1 Å². The normalized spacial score (nSPS) is 10.9. The van der Waals surface area contributed by atoms with Crippen LogP contribution in [0.25, 0.3) is 0 Å². The van der Waals surface area contributed by atoms with Gasteiger partial charge in [0.2, 0.25) is 0 Å². The summed E-state index contributed by atoms with van der Waals surface area (Å²) in [7, 11) is 3.13. The van der Waals surface area contributed by atoms with Crippen LogP contribution in [-0.4, -0.2) is 25.2 Å². The lowest BCUT2D eigenvalue weighted by atomic mass is 9.86. The smallest absolute Gasteiger partial charge is 0.257 e. The fraction of sp³-hybridized carbons (Fsp3) is 0.300. The molecular weight excluding hydrogens is 428 g/mol. The predicted molar refractivity (Wildman–Crippen MR) is 116 cm³/mol. The summed E-state index contributed by atoms with van der Waals surface area (Å²) in [5.41, 5.74) is 2.22. The number of methoxy groups -OCH3 is 2. The number of hydrogen-bond donors (Lipinski definition) is 2. The number of anilines is 1. The maximum Gasteiger partial charge on any atom is 0.257 e. The van der Waals surface area contributed by atoms with Gasteiger partial charge in [0.05, 0.1) is 19.9 Å². The van der Waals surface area contributed by atoms with Gasteiger partial charge >= 0.3 is 0 Å². The Kier molecular flexibility index (Phi) is 6.84. The van der Waals surface area contributed by atoms with E-state index in [0.29, 0.717) is 22.7 Å². The second-order valence-corrected chi connectivity index (χ2v) is 8.18. The molecule has 2 N–H and O–H groups in total. The first-order valence-corrected chi connectivity index (χ1v) is 9.50. The molecule has 2 aromatic carbocycles. The molecule has 0 unspecified atom stereocenters. The molecule has 0 atom stereocenters. The summed E-state index contributed by atoms with van der Waals surface area (Å²) in [5.74, 6) is 0.939. The number of rotatable bonds is 4. The summed E-state index contributed by atoms with van der Waals surface area (Å²) in [6.45, 7) is 6.36. The number of carbonyl (C=O) groups is 1. The van der Waals surface area contributed by atoms with Crippen molar-refractivity contribution < 1.29 is 14.3 Å². The molecule has 2 aromatic rings. The van der Waals surface area contributed by atoms with E-state index >= 15 is 0 Å². The van der Waals surface area contributed by atoms with E-state index in [1.165, 1.54) is 0 Å². The van der Waals surface area contributed by atoms with Gasteiger partial charge in [-0.2, -0.15) is 0 Å². The van der Waals surface area contributed by atoms with Gasteiger partial charge in [-0.15, -0.1) is 0 Å². The predicted octanol–water partition coefficient (Wildman–Crippen LogP) is 4.89. The molecule has 1 amide bonds. The number of halogens is 1. The van der Waals surface area contributed by atoms with Gasteiger partial charge in [0.1, 0.15) is 11.5 Å². The molecule has 0 heterocycles. The van der Waals surface area contributed by atoms with E-state index in [0.717, 1.165) is 10.0 Å². The van der Waals surface area contributed by atoms with Crippen LogP contribution in [0.1, 0.15) is 36.7 Å². The molecule has 0 aliphatic heterocycles. The van der Waals surface area contributed by atoms with Crippen LogP contribution in [-0.2, 0) is 5.41 Å². The van der Waals surface area contributed by atoms with Crippen LogP contribution in [0.4, 0.5) is 5.69 Å². The Hall–Kier alpha value is -2.12. The zero-order valence-electron chi connectivity index (χ0n) is 16.0. The van der Waals surface area contributed by atoms with Gasteiger partial charge in [0.15, 0.2) is 5.11 Å². The lowest BCUT2D eigenvalue weighted by Gasteiger charge is -2.21. The van der Waals surface area contributed by atoms with Crippen molar-refractivity contribution in [2.75, 3.05) is 19.5 Å². The zero-order chi connectivity index (χ0) is 20.2. The van der Waals surface area contributed by atoms with Crippen molar-refractivity contribution in [2.45, 2.75) is 26.2 Å². The number of ether oxygens (including phenoxy) is 2. The Balaban J connectivity index is 2.12. The van der Waals surface area contributed by atoms with Crippen molar-refractivity contribution in [3.8, 4) is 11.5 Å². The van der Waals surface area contributed by atoms with Gasteiger partial charge < -0.3 is 14.8 Å². The van der Waals surface area contributed by atoms with Crippen LogP contribution in [0.5, 0.6) is 11.5 Å². The average Bonchev–Trinajstić information content (AvgIpc) is 2.60. The Labute approximate surface area is 173 Å². The number of benzene rings is 2. The van der Waals surface area contributed by atoms with Crippen molar-refractivity contribution in [1.82, 2.24) is 5.32 Å². The first kappa shape index (κ1) is 21.2. The second kappa shape index (κ2) is 8.71. The summed E-state index contributed by atoms with van der Waals surface area (Å²) < 4.78 is 11.4. The fourth-order valence-electron chi connectivity index (χ4n) is 2.51. The monoisotopic (exact) mass is 450 g/mol. The lowest BCUT2D eigenvalue weighted by molar-refractivity contribution is 0.0977. The van der Waals surface area contributed by atoms with Crippen LogP contribution in [0.3, 0.4) is 0 Å². The Morgan fingerprint density at radius 3 is 2.33 bits per heavy atom. The molecule has 0 saturated carbocycles. The highest BCUT2D eigenvalue weighted by molar-refractivity contribution is 9.10. The first-order valence-electron chi connectivity index (χ1n) is 8.30. The summed E-state index contributed by atoms with van der Waals surface area (Å²) >= 11 is 8.81. The van der Waals surface area contributed by atoms with Crippen LogP contribution >= 0.6 is 28.1 Å². The molecule has 27 heavy (non-hydrogen) atoms. The van der Waals surface area contributed by atoms with Gasteiger partial charge in [-0.05, 0) is 47.5 Å². The Morgan fingerprint density at radius 1 is 1.07 bits per heavy atom. The molecule has 0 saturated heterocycles. The van der Waals surface area contributed by atoms with Gasteiger partial charge in [0.25, 0.3) is 5.91 Å². The van der Waals surface area contributed by atoms with Crippen LogP contribution < -0.4 is 20.1 Å². The molecule has 0 aliphatic rings. The molecule has 5 nitrogen and oxygen atoms in total. The largest absolute Gasteiger partial charge is 0.497 e. The number of amides is 1. The SMILES string of the molecule is COc1ccc(OC)c(NC(=S)NC(=O)c2ccc(C(C)(C)C)c(Br)c2)c1. The third-order valence-electron chi connectivity index (χ3n) is 3.92. The highest BCUT2D eigenvalue weighted by atomic mass is 79.9. The highest BCUT2D eigenvalue weighted by Gasteiger charge is 2.19. The van der Waals surface area contributed by atoms with Gasteiger partial charge in [-0.25, -0.2) is 0 Å². The molecule has 2 rings (SSSR count). The van der Waals surface area contributed by atoms with Gasteiger partial charge in [-0.1, -0.05) is 42.8 Å². The van der Waals surface area contributed by atoms with Crippen LogP contribution in [0.2, 0.25) is 0 Å². The van der Waals surface area contributed by atoms with Gasteiger partial charge in [0, 0.05) is 16.1 Å². The third-order valence-corrected chi connectivity index (χ3v) is 4.78. The molecule has 0 radical (unpaired) electrons. The van der Waals surface area contributed by atoms with E-state index in [-0.39, 0.29) is 16.4 Å². The summed E-state index contributed by atoms with van der Waals surface area (Å²) in [4.78, 5) is 12.5. The quantitative estimate of drug-likeness (QED) is 0.649. The lowest BCUT2D eigenvalue weighted by Crippen LogP contribution is -2.34. The number of hydrogen-bond acceptors (Lipinski definition) is 4. The molecule has 144 valence electrons. The molecule has 0 aromatic heterocycles. The summed E-state index contributed by atoms with van der Waals surface area (Å²) in [5, 5.41) is 5.82. The third kappa shape index (κ3) is 5.43. The molecule has 0 fully saturated rings. The van der Waals surface area contributed by atoms with Crippen molar-refractivity contribution >= 4 is 44.9 Å². The first-order chi connectivity index (χ1) is 12.7.